The predicted molar refractivity (Wildman–Crippen MR) is 92.6 cm³/mol. The fraction of sp³-hybridized carbons (Fsp3) is 0.176. The third kappa shape index (κ3) is 3.41. The second-order valence-electron chi connectivity index (χ2n) is 5.43. The van der Waals surface area contributed by atoms with Gasteiger partial charge in [0.25, 0.3) is 11.6 Å². The first-order chi connectivity index (χ1) is 12.5. The molecule has 0 fully saturated rings. The minimum absolute atomic E-state index is 0.186. The fourth-order valence-corrected chi connectivity index (χ4v) is 2.56. The molecule has 1 N–H and O–H groups in total. The Hall–Kier alpha value is -3.62. The molecule has 0 atom stereocenters. The van der Waals surface area contributed by atoms with Crippen LogP contribution >= 0.6 is 0 Å². The number of anilines is 2. The molecule has 9 heteroatoms. The van der Waals surface area contributed by atoms with E-state index in [0.29, 0.717) is 17.2 Å². The van der Waals surface area contributed by atoms with Gasteiger partial charge in [0.1, 0.15) is 18.0 Å². The number of nitrogens with zero attached hydrogens (tertiary/aromatic N) is 2. The minimum atomic E-state index is -0.577. The average molecular weight is 357 g/mol. The number of ether oxygens (including phenoxy) is 2. The van der Waals surface area contributed by atoms with Crippen molar-refractivity contribution in [2.75, 3.05) is 30.5 Å². The topological polar surface area (TPSA) is 111 Å². The molecule has 0 aliphatic carbocycles. The molecule has 0 bridgehead atoms. The first-order valence-electron chi connectivity index (χ1n) is 7.64. The Morgan fingerprint density at radius 3 is 2.85 bits per heavy atom. The van der Waals surface area contributed by atoms with Gasteiger partial charge in [-0.1, -0.05) is 12.1 Å². The molecule has 0 unspecified atom stereocenters. The van der Waals surface area contributed by atoms with Crippen molar-refractivity contribution in [3.8, 4) is 11.5 Å². The van der Waals surface area contributed by atoms with Crippen LogP contribution in [0.5, 0.6) is 11.5 Å². The van der Waals surface area contributed by atoms with Gasteiger partial charge in [-0.15, -0.1) is 0 Å². The maximum atomic E-state index is 12.4. The van der Waals surface area contributed by atoms with Crippen LogP contribution in [0.25, 0.3) is 0 Å². The number of carbonyl (C=O) groups excluding carboxylic acids is 2. The van der Waals surface area contributed by atoms with Gasteiger partial charge in [0.15, 0.2) is 6.61 Å². The Balaban J connectivity index is 1.83. The summed E-state index contributed by atoms with van der Waals surface area (Å²) in [5.74, 6) is -0.152. The molecule has 0 saturated heterocycles. The third-order valence-corrected chi connectivity index (χ3v) is 3.78. The average Bonchev–Trinajstić information content (AvgIpc) is 2.64. The molecule has 1 heterocycles. The summed E-state index contributed by atoms with van der Waals surface area (Å²) in [7, 11) is 1.48. The number of benzene rings is 2. The van der Waals surface area contributed by atoms with E-state index in [1.54, 1.807) is 24.3 Å². The predicted octanol–water partition coefficient (Wildman–Crippen LogP) is 1.97. The van der Waals surface area contributed by atoms with Crippen LogP contribution in [0.1, 0.15) is 0 Å². The molecule has 1 aliphatic rings. The number of para-hydroxylation sites is 2. The third-order valence-electron chi connectivity index (χ3n) is 3.78. The first kappa shape index (κ1) is 17.2. The van der Waals surface area contributed by atoms with Gasteiger partial charge in [0.2, 0.25) is 5.91 Å². The highest BCUT2D eigenvalue weighted by molar-refractivity contribution is 6.05. The van der Waals surface area contributed by atoms with Crippen molar-refractivity contribution in [3.05, 3.63) is 52.6 Å². The van der Waals surface area contributed by atoms with E-state index in [9.17, 15) is 19.7 Å². The minimum Gasteiger partial charge on any atom is -0.495 e. The first-order valence-corrected chi connectivity index (χ1v) is 7.64. The van der Waals surface area contributed by atoms with Gasteiger partial charge in [0, 0.05) is 12.1 Å². The second kappa shape index (κ2) is 7.09. The quantitative estimate of drug-likeness (QED) is 0.647. The maximum Gasteiger partial charge on any atom is 0.271 e. The second-order valence-corrected chi connectivity index (χ2v) is 5.43. The number of carbonyl (C=O) groups is 2. The Morgan fingerprint density at radius 2 is 2.12 bits per heavy atom. The summed E-state index contributed by atoms with van der Waals surface area (Å²) >= 11 is 0. The van der Waals surface area contributed by atoms with Crippen LogP contribution in [0.3, 0.4) is 0 Å². The lowest BCUT2D eigenvalue weighted by Gasteiger charge is -2.28. The van der Waals surface area contributed by atoms with Crippen molar-refractivity contribution in [2.45, 2.75) is 0 Å². The van der Waals surface area contributed by atoms with E-state index in [4.69, 9.17) is 9.47 Å². The van der Waals surface area contributed by atoms with Crippen molar-refractivity contribution in [1.29, 1.82) is 0 Å². The van der Waals surface area contributed by atoms with Crippen LogP contribution < -0.4 is 19.7 Å². The lowest BCUT2D eigenvalue weighted by atomic mass is 10.2. The molecule has 9 nitrogen and oxygen atoms in total. The van der Waals surface area contributed by atoms with Crippen LogP contribution in [0, 0.1) is 10.1 Å². The number of amides is 2. The van der Waals surface area contributed by atoms with Gasteiger partial charge in [-0.05, 0) is 18.2 Å². The smallest absolute Gasteiger partial charge is 0.271 e. The SMILES string of the molecule is COc1ccccc1NC(=O)CN1C(=O)COc2ccc([N+](=O)[O-])cc21. The van der Waals surface area contributed by atoms with Crippen molar-refractivity contribution in [3.63, 3.8) is 0 Å². The number of fused-ring (bicyclic) bond motifs is 1. The molecule has 134 valence electrons. The van der Waals surface area contributed by atoms with E-state index in [-0.39, 0.29) is 24.5 Å². The molecule has 1 aliphatic heterocycles. The molecule has 3 rings (SSSR count). The van der Waals surface area contributed by atoms with E-state index >= 15 is 0 Å². The number of non-ortho nitro benzene ring substituents is 1. The van der Waals surface area contributed by atoms with Gasteiger partial charge >= 0.3 is 0 Å². The molecule has 0 aromatic heterocycles. The number of nitrogens with one attached hydrogen (secondary N) is 1. The molecule has 0 saturated carbocycles. The summed E-state index contributed by atoms with van der Waals surface area (Å²) in [6.45, 7) is -0.554. The monoisotopic (exact) mass is 357 g/mol. The summed E-state index contributed by atoms with van der Waals surface area (Å²) in [4.78, 5) is 36.1. The Labute approximate surface area is 148 Å². The largest absolute Gasteiger partial charge is 0.495 e. The zero-order valence-electron chi connectivity index (χ0n) is 13.8. The summed E-state index contributed by atoms with van der Waals surface area (Å²) in [5, 5.41) is 13.6. The zero-order valence-corrected chi connectivity index (χ0v) is 13.8. The molecular weight excluding hydrogens is 342 g/mol. The molecule has 0 spiro atoms. The number of rotatable bonds is 5. The molecule has 2 amide bonds. The van der Waals surface area contributed by atoms with Gasteiger partial charge in [-0.2, -0.15) is 0 Å². The van der Waals surface area contributed by atoms with Crippen molar-refractivity contribution in [1.82, 2.24) is 0 Å². The summed E-state index contributed by atoms with van der Waals surface area (Å²) in [6.07, 6.45) is 0. The van der Waals surface area contributed by atoms with Crippen molar-refractivity contribution >= 4 is 28.9 Å². The molecule has 2 aromatic rings. The standard InChI is InChI=1S/C17H15N3O6/c1-25-14-5-3-2-4-12(14)18-16(21)9-19-13-8-11(20(23)24)6-7-15(13)26-10-17(19)22/h2-8H,9-10H2,1H3,(H,18,21). The van der Waals surface area contributed by atoms with Crippen LogP contribution in [0.15, 0.2) is 42.5 Å². The van der Waals surface area contributed by atoms with E-state index in [2.05, 4.69) is 5.32 Å². The van der Waals surface area contributed by atoms with Crippen molar-refractivity contribution in [2.24, 2.45) is 0 Å². The fourth-order valence-electron chi connectivity index (χ4n) is 2.56. The Bertz CT molecular complexity index is 883. The van der Waals surface area contributed by atoms with E-state index in [1.807, 2.05) is 0 Å². The van der Waals surface area contributed by atoms with Crippen molar-refractivity contribution < 1.29 is 24.0 Å². The van der Waals surface area contributed by atoms with E-state index in [1.165, 1.54) is 25.3 Å². The van der Waals surface area contributed by atoms with Crippen LogP contribution in [-0.2, 0) is 9.59 Å². The molecule has 26 heavy (non-hydrogen) atoms. The van der Waals surface area contributed by atoms with Gasteiger partial charge in [-0.3, -0.25) is 24.6 Å². The highest BCUT2D eigenvalue weighted by Crippen LogP contribution is 2.35. The van der Waals surface area contributed by atoms with Crippen LogP contribution in [-0.4, -0.2) is 37.0 Å². The number of methoxy groups -OCH3 is 1. The highest BCUT2D eigenvalue weighted by Gasteiger charge is 2.29. The lowest BCUT2D eigenvalue weighted by Crippen LogP contribution is -2.43. The van der Waals surface area contributed by atoms with Gasteiger partial charge < -0.3 is 14.8 Å². The van der Waals surface area contributed by atoms with Crippen LogP contribution in [0.2, 0.25) is 0 Å². The Morgan fingerprint density at radius 1 is 1.35 bits per heavy atom. The highest BCUT2D eigenvalue weighted by atomic mass is 16.6. The van der Waals surface area contributed by atoms with E-state index < -0.39 is 16.7 Å². The number of nitro groups is 1. The molecular formula is C17H15N3O6. The lowest BCUT2D eigenvalue weighted by molar-refractivity contribution is -0.384. The van der Waals surface area contributed by atoms with E-state index in [0.717, 1.165) is 4.90 Å². The number of nitro benzene ring substituents is 1. The van der Waals surface area contributed by atoms with Gasteiger partial charge in [-0.25, -0.2) is 0 Å². The van der Waals surface area contributed by atoms with Gasteiger partial charge in [0.05, 0.1) is 23.4 Å². The zero-order chi connectivity index (χ0) is 18.7. The number of hydrogen-bond donors (Lipinski definition) is 1. The summed E-state index contributed by atoms with van der Waals surface area (Å²) in [5.41, 5.74) is 0.447. The molecule has 0 radical (unpaired) electrons. The maximum absolute atomic E-state index is 12.4. The summed E-state index contributed by atoms with van der Waals surface area (Å²) in [6, 6.07) is 10.7. The Kier molecular flexibility index (Phi) is 4.70. The van der Waals surface area contributed by atoms with Crippen LogP contribution in [0.4, 0.5) is 17.1 Å². The molecule has 2 aromatic carbocycles. The normalized spacial score (nSPS) is 12.8. The summed E-state index contributed by atoms with van der Waals surface area (Å²) < 4.78 is 10.4. The number of hydrogen-bond acceptors (Lipinski definition) is 6.